The van der Waals surface area contributed by atoms with E-state index in [1.165, 1.54) is 12.4 Å². The Morgan fingerprint density at radius 3 is 2.80 bits per heavy atom. The average Bonchev–Trinajstić information content (AvgIpc) is 2.38. The van der Waals surface area contributed by atoms with Crippen LogP contribution in [0.2, 0.25) is 5.15 Å². The molecule has 0 saturated heterocycles. The summed E-state index contributed by atoms with van der Waals surface area (Å²) in [6.45, 7) is 5.82. The Labute approximate surface area is 121 Å². The summed E-state index contributed by atoms with van der Waals surface area (Å²) in [5.74, 6) is -0.622. The number of carbonyl (C=O) groups excluding carboxylic acids is 1. The first-order valence-corrected chi connectivity index (χ1v) is 6.71. The zero-order valence-corrected chi connectivity index (χ0v) is 12.3. The van der Waals surface area contributed by atoms with Gasteiger partial charge in [0.05, 0.1) is 17.5 Å². The molecule has 0 amide bonds. The molecule has 106 valence electrons. The van der Waals surface area contributed by atoms with Gasteiger partial charge in [0.2, 0.25) is 5.43 Å². The second-order valence-corrected chi connectivity index (χ2v) is 5.00. The van der Waals surface area contributed by atoms with Crippen LogP contribution in [0.25, 0.3) is 10.9 Å². The standard InChI is InChI=1S/C14H15ClN2O3/c1-4-20-14(19)10-7-17(8(2)3)11-5-12(15)16-6-9(11)13(10)18/h5-8H,4H2,1-3H3. The van der Waals surface area contributed by atoms with Crippen molar-refractivity contribution in [3.05, 3.63) is 39.4 Å². The van der Waals surface area contributed by atoms with Gasteiger partial charge in [-0.2, -0.15) is 0 Å². The molecule has 6 heteroatoms. The van der Waals surface area contributed by atoms with E-state index in [0.29, 0.717) is 16.1 Å². The molecule has 0 aliphatic carbocycles. The van der Waals surface area contributed by atoms with Gasteiger partial charge in [0, 0.05) is 18.4 Å². The highest BCUT2D eigenvalue weighted by Crippen LogP contribution is 2.19. The Bertz CT molecular complexity index is 722. The van der Waals surface area contributed by atoms with Gasteiger partial charge >= 0.3 is 5.97 Å². The van der Waals surface area contributed by atoms with E-state index in [-0.39, 0.29) is 23.6 Å². The van der Waals surface area contributed by atoms with Crippen molar-refractivity contribution in [1.82, 2.24) is 9.55 Å². The van der Waals surface area contributed by atoms with Crippen LogP contribution in [0.15, 0.2) is 23.3 Å². The fourth-order valence-electron chi connectivity index (χ4n) is 2.00. The highest BCUT2D eigenvalue weighted by Gasteiger charge is 2.17. The van der Waals surface area contributed by atoms with Crippen LogP contribution in [-0.2, 0) is 4.74 Å². The Kier molecular flexibility index (Phi) is 4.09. The predicted octanol–water partition coefficient (Wildman–Crippen LogP) is 2.81. The van der Waals surface area contributed by atoms with Crippen molar-refractivity contribution >= 4 is 28.5 Å². The lowest BCUT2D eigenvalue weighted by Crippen LogP contribution is -2.21. The third kappa shape index (κ3) is 2.54. The third-order valence-corrected chi connectivity index (χ3v) is 3.14. The number of fused-ring (bicyclic) bond motifs is 1. The van der Waals surface area contributed by atoms with Crippen LogP contribution in [0.4, 0.5) is 0 Å². The van der Waals surface area contributed by atoms with Gasteiger partial charge in [0.1, 0.15) is 10.7 Å². The number of esters is 1. The number of hydrogen-bond acceptors (Lipinski definition) is 4. The van der Waals surface area contributed by atoms with Crippen molar-refractivity contribution in [3.63, 3.8) is 0 Å². The van der Waals surface area contributed by atoms with Crippen LogP contribution in [-0.4, -0.2) is 22.1 Å². The lowest BCUT2D eigenvalue weighted by molar-refractivity contribution is 0.0524. The molecule has 0 unspecified atom stereocenters. The molecule has 0 N–H and O–H groups in total. The minimum atomic E-state index is -0.622. The molecule has 0 aliphatic heterocycles. The summed E-state index contributed by atoms with van der Waals surface area (Å²) in [5.41, 5.74) is 0.273. The molecule has 2 heterocycles. The summed E-state index contributed by atoms with van der Waals surface area (Å²) >= 11 is 5.88. The Balaban J connectivity index is 2.80. The van der Waals surface area contributed by atoms with Gasteiger partial charge in [-0.1, -0.05) is 11.6 Å². The van der Waals surface area contributed by atoms with Crippen LogP contribution in [0.3, 0.4) is 0 Å². The van der Waals surface area contributed by atoms with E-state index < -0.39 is 5.97 Å². The molecule has 0 aliphatic rings. The van der Waals surface area contributed by atoms with Gasteiger partial charge in [-0.3, -0.25) is 4.79 Å². The maximum absolute atomic E-state index is 12.3. The normalized spacial score (nSPS) is 11.1. The van der Waals surface area contributed by atoms with E-state index in [9.17, 15) is 9.59 Å². The minimum absolute atomic E-state index is 0.0113. The molecule has 5 nitrogen and oxygen atoms in total. The van der Waals surface area contributed by atoms with Crippen molar-refractivity contribution in [2.75, 3.05) is 6.61 Å². The molecular weight excluding hydrogens is 280 g/mol. The number of aromatic nitrogens is 2. The zero-order chi connectivity index (χ0) is 14.9. The van der Waals surface area contributed by atoms with Crippen LogP contribution < -0.4 is 5.43 Å². The molecule has 0 aromatic carbocycles. The summed E-state index contributed by atoms with van der Waals surface area (Å²) in [6, 6.07) is 1.68. The van der Waals surface area contributed by atoms with Crippen molar-refractivity contribution < 1.29 is 9.53 Å². The number of nitrogens with zero attached hydrogens (tertiary/aromatic N) is 2. The first-order chi connectivity index (χ1) is 9.45. The lowest BCUT2D eigenvalue weighted by Gasteiger charge is -2.16. The van der Waals surface area contributed by atoms with E-state index in [1.54, 1.807) is 13.0 Å². The third-order valence-electron chi connectivity index (χ3n) is 2.94. The number of rotatable bonds is 3. The average molecular weight is 295 g/mol. The van der Waals surface area contributed by atoms with Crippen LogP contribution >= 0.6 is 11.6 Å². The SMILES string of the molecule is CCOC(=O)c1cn(C(C)C)c2cc(Cl)ncc2c1=O. The van der Waals surface area contributed by atoms with E-state index >= 15 is 0 Å². The number of carbonyl (C=O) groups is 1. The molecular formula is C14H15ClN2O3. The smallest absolute Gasteiger partial charge is 0.343 e. The Morgan fingerprint density at radius 1 is 1.50 bits per heavy atom. The summed E-state index contributed by atoms with van der Waals surface area (Å²) < 4.78 is 6.73. The largest absolute Gasteiger partial charge is 0.462 e. The van der Waals surface area contributed by atoms with Crippen LogP contribution in [0.5, 0.6) is 0 Å². The second kappa shape index (κ2) is 5.63. The Morgan fingerprint density at radius 2 is 2.20 bits per heavy atom. The van der Waals surface area contributed by atoms with E-state index in [2.05, 4.69) is 4.98 Å². The molecule has 2 aromatic heterocycles. The second-order valence-electron chi connectivity index (χ2n) is 4.62. The monoisotopic (exact) mass is 294 g/mol. The summed E-state index contributed by atoms with van der Waals surface area (Å²) in [7, 11) is 0. The zero-order valence-electron chi connectivity index (χ0n) is 11.5. The van der Waals surface area contributed by atoms with Crippen LogP contribution in [0, 0.1) is 0 Å². The molecule has 0 radical (unpaired) electrons. The van der Waals surface area contributed by atoms with Crippen molar-refractivity contribution in [2.24, 2.45) is 0 Å². The van der Waals surface area contributed by atoms with E-state index in [1.807, 2.05) is 18.4 Å². The Hall–Kier alpha value is -1.88. The molecule has 20 heavy (non-hydrogen) atoms. The van der Waals surface area contributed by atoms with Gasteiger partial charge in [0.25, 0.3) is 0 Å². The highest BCUT2D eigenvalue weighted by molar-refractivity contribution is 6.30. The molecule has 2 rings (SSSR count). The molecule has 0 spiro atoms. The quantitative estimate of drug-likeness (QED) is 0.645. The molecule has 0 fully saturated rings. The van der Waals surface area contributed by atoms with Gasteiger partial charge in [-0.05, 0) is 26.8 Å². The number of ether oxygens (including phenoxy) is 1. The maximum atomic E-state index is 12.3. The molecule has 0 atom stereocenters. The minimum Gasteiger partial charge on any atom is -0.462 e. The first-order valence-electron chi connectivity index (χ1n) is 6.33. The van der Waals surface area contributed by atoms with E-state index in [4.69, 9.17) is 16.3 Å². The molecule has 0 saturated carbocycles. The number of hydrogen-bond donors (Lipinski definition) is 0. The molecule has 0 bridgehead atoms. The van der Waals surface area contributed by atoms with Gasteiger partial charge in [-0.25, -0.2) is 9.78 Å². The van der Waals surface area contributed by atoms with Crippen molar-refractivity contribution in [3.8, 4) is 0 Å². The summed E-state index contributed by atoms with van der Waals surface area (Å²) in [6.07, 6.45) is 2.91. The highest BCUT2D eigenvalue weighted by atomic mass is 35.5. The van der Waals surface area contributed by atoms with Gasteiger partial charge in [-0.15, -0.1) is 0 Å². The summed E-state index contributed by atoms with van der Waals surface area (Å²) in [4.78, 5) is 28.1. The van der Waals surface area contributed by atoms with Gasteiger partial charge in [0.15, 0.2) is 0 Å². The van der Waals surface area contributed by atoms with Gasteiger partial charge < -0.3 is 9.30 Å². The van der Waals surface area contributed by atoms with Crippen molar-refractivity contribution in [2.45, 2.75) is 26.8 Å². The lowest BCUT2D eigenvalue weighted by atomic mass is 10.1. The fourth-order valence-corrected chi connectivity index (χ4v) is 2.15. The first kappa shape index (κ1) is 14.5. The maximum Gasteiger partial charge on any atom is 0.343 e. The molecule has 2 aromatic rings. The van der Waals surface area contributed by atoms with E-state index in [0.717, 1.165) is 0 Å². The predicted molar refractivity (Wildman–Crippen MR) is 77.4 cm³/mol. The number of halogens is 1. The van der Waals surface area contributed by atoms with Crippen molar-refractivity contribution in [1.29, 1.82) is 0 Å². The fraction of sp³-hybridized carbons (Fsp3) is 0.357. The topological polar surface area (TPSA) is 61.2 Å². The van der Waals surface area contributed by atoms with Crippen LogP contribution in [0.1, 0.15) is 37.2 Å². The summed E-state index contributed by atoms with van der Waals surface area (Å²) in [5, 5.41) is 0.656. The number of pyridine rings is 2.